The molecule has 206 valence electrons. The number of thiophene rings is 1. The molecule has 2 aliphatic rings. The number of hydrogen-bond donors (Lipinski definition) is 0. The average molecular weight is 709 g/mol. The molecule has 5 rings (SSSR count). The van der Waals surface area contributed by atoms with Gasteiger partial charge in [-0.3, -0.25) is 19.2 Å². The third-order valence-corrected chi connectivity index (χ3v) is 10.7. The molecule has 3 aromatic rings. The first-order valence-electron chi connectivity index (χ1n) is 12.3. The molecule has 3 amide bonds. The number of hydrazine groups is 1. The molecule has 12 heteroatoms. The van der Waals surface area contributed by atoms with Crippen LogP contribution in [0.4, 0.5) is 0 Å². The Kier molecular flexibility index (Phi) is 8.55. The van der Waals surface area contributed by atoms with Crippen molar-refractivity contribution >= 4 is 84.3 Å². The van der Waals surface area contributed by atoms with Gasteiger partial charge in [0.05, 0.1) is 11.8 Å². The van der Waals surface area contributed by atoms with Crippen LogP contribution in [0.25, 0.3) is 0 Å². The minimum Gasteiger partial charge on any atom is -0.422 e. The number of nitrogens with zero attached hydrogens (tertiary/aromatic N) is 2. The van der Waals surface area contributed by atoms with Gasteiger partial charge < -0.3 is 4.74 Å². The Labute approximate surface area is 255 Å². The molecule has 0 N–H and O–H groups in total. The van der Waals surface area contributed by atoms with Gasteiger partial charge in [0.2, 0.25) is 0 Å². The summed E-state index contributed by atoms with van der Waals surface area (Å²) in [5.41, 5.74) is 0.377. The van der Waals surface area contributed by atoms with Crippen molar-refractivity contribution in [2.45, 2.75) is 22.5 Å². The van der Waals surface area contributed by atoms with Crippen LogP contribution in [0.5, 0.6) is 5.75 Å². The van der Waals surface area contributed by atoms with Crippen LogP contribution in [0, 0.1) is 11.8 Å². The Morgan fingerprint density at radius 1 is 0.900 bits per heavy atom. The van der Waals surface area contributed by atoms with Crippen molar-refractivity contribution in [2.75, 3.05) is 6.54 Å². The van der Waals surface area contributed by atoms with Crippen molar-refractivity contribution in [3.05, 3.63) is 87.1 Å². The van der Waals surface area contributed by atoms with E-state index in [1.165, 1.54) is 59.9 Å². The van der Waals surface area contributed by atoms with Gasteiger partial charge in [-0.05, 0) is 72.8 Å². The number of rotatable bonds is 7. The number of carbonyl (C=O) groups excluding carboxylic acids is 5. The first kappa shape index (κ1) is 28.7. The topological polar surface area (TPSA) is 101 Å². The quantitative estimate of drug-likeness (QED) is 0.101. The molecule has 1 aromatic heterocycles. The zero-order valence-corrected chi connectivity index (χ0v) is 25.4. The van der Waals surface area contributed by atoms with Gasteiger partial charge in [-0.1, -0.05) is 49.5 Å². The van der Waals surface area contributed by atoms with Crippen LogP contribution in [0.3, 0.4) is 0 Å². The molecule has 0 spiro atoms. The molecular weight excluding hydrogens is 688 g/mol. The van der Waals surface area contributed by atoms with Crippen LogP contribution in [-0.2, 0) is 9.59 Å². The summed E-state index contributed by atoms with van der Waals surface area (Å²) >= 11 is 14.4. The van der Waals surface area contributed by atoms with E-state index < -0.39 is 47.9 Å². The molecule has 0 bridgehead atoms. The minimum absolute atomic E-state index is 0.0140. The van der Waals surface area contributed by atoms with Gasteiger partial charge in [0.15, 0.2) is 5.78 Å². The van der Waals surface area contributed by atoms with E-state index in [1.54, 1.807) is 17.5 Å². The number of ketones is 1. The fourth-order valence-corrected chi connectivity index (χ4v) is 6.74. The van der Waals surface area contributed by atoms with E-state index in [4.69, 9.17) is 16.3 Å². The van der Waals surface area contributed by atoms with Crippen LogP contribution in [0.15, 0.2) is 66.0 Å². The number of halogens is 3. The first-order valence-corrected chi connectivity index (χ1v) is 15.3. The molecular formula is C28H21Br2ClN2O6S. The summed E-state index contributed by atoms with van der Waals surface area (Å²) in [4.78, 5) is 66.6. The van der Waals surface area contributed by atoms with Crippen molar-refractivity contribution < 1.29 is 28.7 Å². The summed E-state index contributed by atoms with van der Waals surface area (Å²) in [6.45, 7) is -0.553. The molecule has 0 unspecified atom stereocenters. The molecule has 2 heterocycles. The SMILES string of the molecule is O=C(CN(C(=O)c1ccc(Cl)cc1)N1C(=O)[C@H]2C[C@H](Br)[C@@H](Br)C[C@H]2C1=O)c1ccc(OC(=O)c2cccs2)cc1. The van der Waals surface area contributed by atoms with Crippen LogP contribution >= 0.6 is 54.8 Å². The lowest BCUT2D eigenvalue weighted by molar-refractivity contribution is -0.154. The summed E-state index contributed by atoms with van der Waals surface area (Å²) in [6.07, 6.45) is 0.842. The predicted molar refractivity (Wildman–Crippen MR) is 156 cm³/mol. The van der Waals surface area contributed by atoms with E-state index in [1.807, 2.05) is 0 Å². The Hall–Kier alpha value is -2.86. The number of alkyl halides is 2. The molecule has 1 aliphatic carbocycles. The monoisotopic (exact) mass is 706 g/mol. The van der Waals surface area contributed by atoms with Gasteiger partial charge in [0.1, 0.15) is 17.2 Å². The standard InChI is InChI=1S/C28H21Br2ClN2O6S/c29-21-12-19-20(13-22(21)30)27(37)33(26(19)36)32(25(35)16-3-7-17(31)8-4-16)14-23(34)15-5-9-18(10-6-15)39-28(38)24-2-1-11-40-24/h1-11,19-22H,12-14H2/t19-,20+,21-,22-/m0/s1. The first-order chi connectivity index (χ1) is 19.1. The van der Waals surface area contributed by atoms with Crippen molar-refractivity contribution in [2.24, 2.45) is 11.8 Å². The molecule has 1 saturated carbocycles. The third kappa shape index (κ3) is 5.79. The number of hydrogen-bond acceptors (Lipinski definition) is 7. The van der Waals surface area contributed by atoms with E-state index in [-0.39, 0.29) is 26.5 Å². The highest BCUT2D eigenvalue weighted by Crippen LogP contribution is 2.43. The van der Waals surface area contributed by atoms with Gasteiger partial charge in [0.25, 0.3) is 17.7 Å². The third-order valence-electron chi connectivity index (χ3n) is 6.86. The van der Waals surface area contributed by atoms with E-state index in [9.17, 15) is 24.0 Å². The summed E-state index contributed by atoms with van der Waals surface area (Å²) < 4.78 is 5.34. The maximum atomic E-state index is 13.6. The lowest BCUT2D eigenvalue weighted by Crippen LogP contribution is -2.52. The number of carbonyl (C=O) groups is 5. The highest BCUT2D eigenvalue weighted by Gasteiger charge is 2.54. The Balaban J connectivity index is 1.39. The van der Waals surface area contributed by atoms with Gasteiger partial charge in [-0.25, -0.2) is 9.80 Å². The molecule has 8 nitrogen and oxygen atoms in total. The Morgan fingerprint density at radius 2 is 1.48 bits per heavy atom. The number of imide groups is 1. The van der Waals surface area contributed by atoms with Crippen molar-refractivity contribution in [1.29, 1.82) is 0 Å². The minimum atomic E-state index is -0.683. The van der Waals surface area contributed by atoms with E-state index in [0.29, 0.717) is 22.7 Å². The Morgan fingerprint density at radius 3 is 2.02 bits per heavy atom. The normalized spacial score (nSPS) is 22.1. The number of benzene rings is 2. The zero-order chi connectivity index (χ0) is 28.6. The number of Topliss-reactive ketones (excluding diaryl/α,β-unsaturated/α-hetero) is 1. The number of ether oxygens (including phenoxy) is 1. The molecule has 2 aromatic carbocycles. The molecule has 1 saturated heterocycles. The number of fused-ring (bicyclic) bond motifs is 1. The number of esters is 1. The molecule has 40 heavy (non-hydrogen) atoms. The van der Waals surface area contributed by atoms with E-state index in [2.05, 4.69) is 31.9 Å². The molecule has 2 fully saturated rings. The van der Waals surface area contributed by atoms with Crippen molar-refractivity contribution in [1.82, 2.24) is 10.0 Å². The second kappa shape index (κ2) is 11.9. The smallest absolute Gasteiger partial charge is 0.353 e. The molecule has 0 radical (unpaired) electrons. The van der Waals surface area contributed by atoms with Crippen molar-refractivity contribution in [3.63, 3.8) is 0 Å². The van der Waals surface area contributed by atoms with Crippen LogP contribution in [0.2, 0.25) is 5.02 Å². The second-order valence-corrected chi connectivity index (χ2v) is 13.1. The van der Waals surface area contributed by atoms with Crippen LogP contribution < -0.4 is 4.74 Å². The van der Waals surface area contributed by atoms with Crippen molar-refractivity contribution in [3.8, 4) is 5.75 Å². The highest BCUT2D eigenvalue weighted by molar-refractivity contribution is 9.12. The average Bonchev–Trinajstić information content (AvgIpc) is 3.56. The summed E-state index contributed by atoms with van der Waals surface area (Å²) in [6, 6.07) is 15.2. The Bertz CT molecular complexity index is 1440. The highest BCUT2D eigenvalue weighted by atomic mass is 79.9. The number of amides is 3. The molecule has 4 atom stereocenters. The second-order valence-electron chi connectivity index (χ2n) is 9.39. The van der Waals surface area contributed by atoms with Crippen LogP contribution in [-0.4, -0.2) is 55.7 Å². The maximum Gasteiger partial charge on any atom is 0.353 e. The molecule has 1 aliphatic heterocycles. The van der Waals surface area contributed by atoms with E-state index >= 15 is 0 Å². The largest absolute Gasteiger partial charge is 0.422 e. The summed E-state index contributed by atoms with van der Waals surface area (Å²) in [5.74, 6) is -3.68. The maximum absolute atomic E-state index is 13.6. The van der Waals surface area contributed by atoms with E-state index in [0.717, 1.165) is 10.0 Å². The van der Waals surface area contributed by atoms with Gasteiger partial charge >= 0.3 is 5.97 Å². The zero-order valence-electron chi connectivity index (χ0n) is 20.7. The van der Waals surface area contributed by atoms with Crippen LogP contribution in [0.1, 0.15) is 43.2 Å². The van der Waals surface area contributed by atoms with Gasteiger partial charge in [0, 0.05) is 25.8 Å². The lowest BCUT2D eigenvalue weighted by atomic mass is 9.81. The van der Waals surface area contributed by atoms with Gasteiger partial charge in [-0.15, -0.1) is 11.3 Å². The lowest BCUT2D eigenvalue weighted by Gasteiger charge is -2.30. The fourth-order valence-electron chi connectivity index (χ4n) is 4.78. The predicted octanol–water partition coefficient (Wildman–Crippen LogP) is 5.78. The summed E-state index contributed by atoms with van der Waals surface area (Å²) in [5, 5.41) is 3.93. The van der Waals surface area contributed by atoms with Gasteiger partial charge in [-0.2, -0.15) is 5.01 Å². The fraction of sp³-hybridized carbons (Fsp3) is 0.250. The summed E-state index contributed by atoms with van der Waals surface area (Å²) in [7, 11) is 0.